The normalized spacial score (nSPS) is 14.3. The fourth-order valence-corrected chi connectivity index (χ4v) is 1.80. The molecule has 2 unspecified atom stereocenters. The molecule has 3 N–H and O–H groups in total. The molecule has 0 aliphatic carbocycles. The second-order valence-electron chi connectivity index (χ2n) is 6.32. The van der Waals surface area contributed by atoms with Gasteiger partial charge in [0, 0.05) is 24.6 Å². The number of carbonyl (C=O) groups is 1. The van der Waals surface area contributed by atoms with Crippen molar-refractivity contribution in [2.75, 3.05) is 0 Å². The van der Waals surface area contributed by atoms with Crippen LogP contribution >= 0.6 is 0 Å². The number of amides is 1. The zero-order valence-electron chi connectivity index (χ0n) is 12.9. The molecule has 1 aromatic carbocycles. The summed E-state index contributed by atoms with van der Waals surface area (Å²) < 4.78 is 0. The zero-order chi connectivity index (χ0) is 16.2. The van der Waals surface area contributed by atoms with Crippen LogP contribution in [0.15, 0.2) is 24.3 Å². The third kappa shape index (κ3) is 5.15. The summed E-state index contributed by atoms with van der Waals surface area (Å²) in [7, 11) is 0. The van der Waals surface area contributed by atoms with E-state index in [1.165, 1.54) is 12.1 Å². The lowest BCUT2D eigenvalue weighted by molar-refractivity contribution is -0.384. The Bertz CT molecular complexity index is 523. The van der Waals surface area contributed by atoms with E-state index in [1.807, 2.05) is 20.8 Å². The molecule has 0 aliphatic heterocycles. The smallest absolute Gasteiger partial charge is 0.269 e. The number of nitro benzene ring substituents is 1. The van der Waals surface area contributed by atoms with E-state index in [-0.39, 0.29) is 35.5 Å². The van der Waals surface area contributed by atoms with Crippen molar-refractivity contribution < 1.29 is 9.72 Å². The van der Waals surface area contributed by atoms with Crippen LogP contribution in [0.25, 0.3) is 0 Å². The van der Waals surface area contributed by atoms with Crippen LogP contribution in [0, 0.1) is 15.5 Å². The quantitative estimate of drug-likeness (QED) is 0.643. The van der Waals surface area contributed by atoms with Crippen LogP contribution in [0.2, 0.25) is 0 Å². The number of nitrogens with one attached hydrogen (secondary N) is 1. The second kappa shape index (κ2) is 6.67. The molecule has 1 rings (SSSR count). The Labute approximate surface area is 124 Å². The first kappa shape index (κ1) is 17.1. The van der Waals surface area contributed by atoms with E-state index in [1.54, 1.807) is 19.1 Å². The van der Waals surface area contributed by atoms with Gasteiger partial charge in [0.25, 0.3) is 5.69 Å². The van der Waals surface area contributed by atoms with Gasteiger partial charge in [-0.25, -0.2) is 0 Å². The van der Waals surface area contributed by atoms with Crippen molar-refractivity contribution >= 4 is 11.6 Å². The fourth-order valence-electron chi connectivity index (χ4n) is 1.80. The molecule has 116 valence electrons. The maximum absolute atomic E-state index is 12.0. The largest absolute Gasteiger partial charge is 0.350 e. The van der Waals surface area contributed by atoms with Crippen LogP contribution in [0.3, 0.4) is 0 Å². The van der Waals surface area contributed by atoms with E-state index in [4.69, 9.17) is 5.73 Å². The second-order valence-corrected chi connectivity index (χ2v) is 6.32. The molecule has 6 heteroatoms. The highest BCUT2D eigenvalue weighted by molar-refractivity contribution is 5.77. The molecule has 0 heterocycles. The first-order valence-corrected chi connectivity index (χ1v) is 6.90. The summed E-state index contributed by atoms with van der Waals surface area (Å²) in [5.74, 6) is -0.156. The number of nitro groups is 1. The number of nitrogens with two attached hydrogens (primary N) is 1. The highest BCUT2D eigenvalue weighted by atomic mass is 16.6. The predicted octanol–water partition coefficient (Wildman–Crippen LogP) is 2.54. The van der Waals surface area contributed by atoms with Gasteiger partial charge >= 0.3 is 0 Å². The van der Waals surface area contributed by atoms with Gasteiger partial charge in [-0.15, -0.1) is 0 Å². The molecule has 1 aromatic rings. The maximum Gasteiger partial charge on any atom is 0.269 e. The van der Waals surface area contributed by atoms with Crippen molar-refractivity contribution in [3.05, 3.63) is 39.9 Å². The summed E-state index contributed by atoms with van der Waals surface area (Å²) in [6.07, 6.45) is 0.225. The third-order valence-electron chi connectivity index (χ3n) is 3.48. The highest BCUT2D eigenvalue weighted by Crippen LogP contribution is 2.21. The average Bonchev–Trinajstić information content (AvgIpc) is 2.37. The lowest BCUT2D eigenvalue weighted by Gasteiger charge is -2.27. The van der Waals surface area contributed by atoms with Crippen molar-refractivity contribution in [1.82, 2.24) is 5.32 Å². The van der Waals surface area contributed by atoms with E-state index in [0.29, 0.717) is 5.56 Å². The van der Waals surface area contributed by atoms with Gasteiger partial charge in [0.05, 0.1) is 11.0 Å². The Morgan fingerprint density at radius 2 is 2.05 bits per heavy atom. The molecule has 0 spiro atoms. The van der Waals surface area contributed by atoms with Gasteiger partial charge in [-0.1, -0.05) is 32.9 Å². The molecule has 0 radical (unpaired) electrons. The van der Waals surface area contributed by atoms with Crippen LogP contribution in [0.5, 0.6) is 0 Å². The molecular weight excluding hydrogens is 270 g/mol. The Hall–Kier alpha value is -1.95. The van der Waals surface area contributed by atoms with Crippen molar-refractivity contribution in [1.29, 1.82) is 0 Å². The minimum atomic E-state index is -0.451. The SMILES string of the molecule is CC(NC(=O)CC(N)C(C)(C)C)c1cccc([N+](=O)[O-])c1. The van der Waals surface area contributed by atoms with Gasteiger partial charge in [0.15, 0.2) is 0 Å². The topological polar surface area (TPSA) is 98.3 Å². The monoisotopic (exact) mass is 293 g/mol. The van der Waals surface area contributed by atoms with E-state index in [2.05, 4.69) is 5.32 Å². The number of non-ortho nitro benzene ring substituents is 1. The summed E-state index contributed by atoms with van der Waals surface area (Å²) in [5.41, 5.74) is 6.54. The third-order valence-corrected chi connectivity index (χ3v) is 3.48. The average molecular weight is 293 g/mol. The molecule has 6 nitrogen and oxygen atoms in total. The molecule has 0 fully saturated rings. The number of nitrogens with zero attached hydrogens (tertiary/aromatic N) is 1. The molecule has 1 amide bonds. The zero-order valence-corrected chi connectivity index (χ0v) is 12.9. The summed E-state index contributed by atoms with van der Waals surface area (Å²) in [6.45, 7) is 7.73. The Balaban J connectivity index is 2.68. The molecule has 0 aromatic heterocycles. The summed E-state index contributed by atoms with van der Waals surface area (Å²) in [6, 6.07) is 5.71. The van der Waals surface area contributed by atoms with Gasteiger partial charge in [0.2, 0.25) is 5.91 Å². The van der Waals surface area contributed by atoms with Crippen LogP contribution in [-0.4, -0.2) is 16.9 Å². The fraction of sp³-hybridized carbons (Fsp3) is 0.533. The number of rotatable bonds is 5. The Morgan fingerprint density at radius 3 is 2.57 bits per heavy atom. The van der Waals surface area contributed by atoms with Crippen LogP contribution in [0.1, 0.15) is 45.7 Å². The van der Waals surface area contributed by atoms with Crippen molar-refractivity contribution in [2.24, 2.45) is 11.1 Å². The molecule has 2 atom stereocenters. The number of carbonyl (C=O) groups excluding carboxylic acids is 1. The first-order valence-electron chi connectivity index (χ1n) is 6.90. The standard InChI is InChI=1S/C15H23N3O3/c1-10(11-6-5-7-12(8-11)18(20)21)17-14(19)9-13(16)15(2,3)4/h5-8,10,13H,9,16H2,1-4H3,(H,17,19). The first-order chi connectivity index (χ1) is 9.61. The maximum atomic E-state index is 12.0. The molecule has 0 saturated carbocycles. The summed E-state index contributed by atoms with van der Waals surface area (Å²) in [4.78, 5) is 22.3. The minimum Gasteiger partial charge on any atom is -0.350 e. The lowest BCUT2D eigenvalue weighted by atomic mass is 9.85. The molecule has 0 bridgehead atoms. The minimum absolute atomic E-state index is 0.0139. The van der Waals surface area contributed by atoms with E-state index in [0.717, 1.165) is 0 Å². The molecular formula is C15H23N3O3. The van der Waals surface area contributed by atoms with Gasteiger partial charge in [-0.3, -0.25) is 14.9 Å². The Kier molecular flexibility index (Phi) is 5.43. The van der Waals surface area contributed by atoms with Crippen molar-refractivity contribution in [3.8, 4) is 0 Å². The number of hydrogen-bond acceptors (Lipinski definition) is 4. The lowest BCUT2D eigenvalue weighted by Crippen LogP contribution is -2.40. The van der Waals surface area contributed by atoms with E-state index < -0.39 is 4.92 Å². The van der Waals surface area contributed by atoms with E-state index in [9.17, 15) is 14.9 Å². The van der Waals surface area contributed by atoms with Gasteiger partial charge in [-0.2, -0.15) is 0 Å². The Morgan fingerprint density at radius 1 is 1.43 bits per heavy atom. The number of hydrogen-bond donors (Lipinski definition) is 2. The summed E-state index contributed by atoms with van der Waals surface area (Å²) in [5, 5.41) is 13.6. The molecule has 21 heavy (non-hydrogen) atoms. The molecule has 0 saturated heterocycles. The van der Waals surface area contributed by atoms with Crippen LogP contribution in [-0.2, 0) is 4.79 Å². The van der Waals surface area contributed by atoms with Crippen LogP contribution < -0.4 is 11.1 Å². The highest BCUT2D eigenvalue weighted by Gasteiger charge is 2.24. The van der Waals surface area contributed by atoms with Gasteiger partial charge < -0.3 is 11.1 Å². The van der Waals surface area contributed by atoms with E-state index >= 15 is 0 Å². The van der Waals surface area contributed by atoms with Gasteiger partial charge in [0.1, 0.15) is 0 Å². The van der Waals surface area contributed by atoms with Crippen molar-refractivity contribution in [2.45, 2.75) is 46.2 Å². The molecule has 0 aliphatic rings. The predicted molar refractivity (Wildman–Crippen MR) is 81.7 cm³/mol. The van der Waals surface area contributed by atoms with Crippen LogP contribution in [0.4, 0.5) is 5.69 Å². The van der Waals surface area contributed by atoms with Gasteiger partial charge in [-0.05, 0) is 17.9 Å². The number of benzene rings is 1. The summed E-state index contributed by atoms with van der Waals surface area (Å²) >= 11 is 0. The van der Waals surface area contributed by atoms with Crippen molar-refractivity contribution in [3.63, 3.8) is 0 Å².